The van der Waals surface area contributed by atoms with Gasteiger partial charge < -0.3 is 20.8 Å². The van der Waals surface area contributed by atoms with Gasteiger partial charge in [-0.25, -0.2) is 0 Å². The maximum absolute atomic E-state index is 12.3. The van der Waals surface area contributed by atoms with Gasteiger partial charge in [-0.2, -0.15) is 0 Å². The maximum atomic E-state index is 12.3. The molecule has 4 N–H and O–H groups in total. The molecule has 2 unspecified atom stereocenters. The maximum Gasteiger partial charge on any atom is 0.310 e. The van der Waals surface area contributed by atoms with Crippen LogP contribution in [0.1, 0.15) is 12.5 Å². The van der Waals surface area contributed by atoms with E-state index in [4.69, 9.17) is 16.2 Å². The number of nitrogen functional groups attached to an aromatic ring is 2. The van der Waals surface area contributed by atoms with E-state index in [1.54, 1.807) is 6.07 Å². The summed E-state index contributed by atoms with van der Waals surface area (Å²) in [6.45, 7) is 2.96. The zero-order valence-corrected chi connectivity index (χ0v) is 21.2. The van der Waals surface area contributed by atoms with E-state index in [2.05, 4.69) is 68.5 Å². The van der Waals surface area contributed by atoms with Crippen LogP contribution in [0.3, 0.4) is 0 Å². The molecular formula is C27H26BrN3O2S. The normalized spacial score (nSPS) is 19.1. The molecule has 3 aromatic rings. The summed E-state index contributed by atoms with van der Waals surface area (Å²) < 4.78 is 8.59. The van der Waals surface area contributed by atoms with Gasteiger partial charge in [0.15, 0.2) is 0 Å². The second kappa shape index (κ2) is 9.39. The van der Waals surface area contributed by atoms with Gasteiger partial charge in [-0.3, -0.25) is 4.79 Å². The smallest absolute Gasteiger partial charge is 0.310 e. The highest BCUT2D eigenvalue weighted by atomic mass is 79.9. The molecule has 0 spiro atoms. The first-order valence-corrected chi connectivity index (χ1v) is 13.0. The third kappa shape index (κ3) is 4.55. The second-order valence-corrected chi connectivity index (χ2v) is 10.6. The molecular weight excluding hydrogens is 510 g/mol. The number of aromatic nitrogens is 1. The van der Waals surface area contributed by atoms with E-state index < -0.39 is 0 Å². The SMILES string of the molecule is CCOC(=O)Cc1cn(CC2=CSC3C=CC(Br)=CC23)c2cc(-c3cc(N)cc(N)c3)ccc12. The fourth-order valence-corrected chi connectivity index (χ4v) is 6.28. The van der Waals surface area contributed by atoms with Crippen LogP contribution >= 0.6 is 27.7 Å². The van der Waals surface area contributed by atoms with Crippen molar-refractivity contribution in [1.82, 2.24) is 4.57 Å². The lowest BCUT2D eigenvalue weighted by molar-refractivity contribution is -0.142. The Labute approximate surface area is 211 Å². The van der Waals surface area contributed by atoms with Crippen LogP contribution in [0.5, 0.6) is 0 Å². The van der Waals surface area contributed by atoms with Crippen LogP contribution in [0.25, 0.3) is 22.0 Å². The fourth-order valence-electron chi connectivity index (χ4n) is 4.69. The van der Waals surface area contributed by atoms with Crippen LogP contribution in [0.4, 0.5) is 11.4 Å². The molecule has 0 saturated carbocycles. The minimum Gasteiger partial charge on any atom is -0.466 e. The minimum atomic E-state index is -0.214. The highest BCUT2D eigenvalue weighted by Crippen LogP contribution is 2.42. The van der Waals surface area contributed by atoms with E-state index in [9.17, 15) is 4.79 Å². The van der Waals surface area contributed by atoms with E-state index >= 15 is 0 Å². The predicted octanol–water partition coefficient (Wildman–Crippen LogP) is 6.04. The average molecular weight is 536 g/mol. The molecule has 0 amide bonds. The Hall–Kier alpha value is -2.90. The molecule has 174 valence electrons. The molecule has 34 heavy (non-hydrogen) atoms. The molecule has 2 heterocycles. The molecule has 0 fully saturated rings. The highest BCUT2D eigenvalue weighted by molar-refractivity contribution is 9.11. The first kappa shape index (κ1) is 22.9. The average Bonchev–Trinajstić information content (AvgIpc) is 3.34. The topological polar surface area (TPSA) is 83.3 Å². The van der Waals surface area contributed by atoms with Crippen molar-refractivity contribution in [2.75, 3.05) is 18.1 Å². The van der Waals surface area contributed by atoms with Gasteiger partial charge in [0.2, 0.25) is 0 Å². The van der Waals surface area contributed by atoms with E-state index in [-0.39, 0.29) is 12.4 Å². The van der Waals surface area contributed by atoms with Crippen LogP contribution < -0.4 is 11.5 Å². The Kier molecular flexibility index (Phi) is 6.32. The second-order valence-electron chi connectivity index (χ2n) is 8.61. The Balaban J connectivity index is 1.56. The molecule has 0 radical (unpaired) electrons. The number of thioether (sulfide) groups is 1. The number of hydrogen-bond acceptors (Lipinski definition) is 5. The molecule has 1 aliphatic heterocycles. The first-order chi connectivity index (χ1) is 16.4. The van der Waals surface area contributed by atoms with Crippen LogP contribution in [-0.4, -0.2) is 22.4 Å². The molecule has 2 aliphatic rings. The van der Waals surface area contributed by atoms with Crippen molar-refractivity contribution in [2.24, 2.45) is 5.92 Å². The monoisotopic (exact) mass is 535 g/mol. The Morgan fingerprint density at radius 1 is 1.15 bits per heavy atom. The van der Waals surface area contributed by atoms with Gasteiger partial charge in [0.25, 0.3) is 0 Å². The van der Waals surface area contributed by atoms with Crippen molar-refractivity contribution in [2.45, 2.75) is 25.1 Å². The van der Waals surface area contributed by atoms with Gasteiger partial charge in [-0.1, -0.05) is 46.3 Å². The third-order valence-electron chi connectivity index (χ3n) is 6.21. The quantitative estimate of drug-likeness (QED) is 0.296. The standard InChI is InChI=1S/C27H26BrN3O2S/c1-2-33-27(32)10-18-13-31(14-19-15-34-26-6-4-20(28)11-24(19)26)25-9-16(3-5-23(18)25)17-7-21(29)12-22(30)8-17/h3-9,11-13,15,24,26H,2,10,14,29-30H2,1H3. The van der Waals surface area contributed by atoms with Crippen LogP contribution in [-0.2, 0) is 22.5 Å². The Morgan fingerprint density at radius 2 is 1.94 bits per heavy atom. The number of allylic oxidation sites excluding steroid dienone is 4. The van der Waals surface area contributed by atoms with E-state index in [0.717, 1.165) is 38.6 Å². The van der Waals surface area contributed by atoms with Crippen LogP contribution in [0, 0.1) is 5.92 Å². The van der Waals surface area contributed by atoms with Crippen LogP contribution in [0.2, 0.25) is 0 Å². The third-order valence-corrected chi connectivity index (χ3v) is 7.94. The number of carbonyl (C=O) groups excluding carboxylic acids is 1. The number of rotatable bonds is 6. The molecule has 2 aromatic carbocycles. The van der Waals surface area contributed by atoms with Crippen molar-refractivity contribution in [1.29, 1.82) is 0 Å². The Morgan fingerprint density at radius 3 is 2.71 bits per heavy atom. The highest BCUT2D eigenvalue weighted by Gasteiger charge is 2.29. The van der Waals surface area contributed by atoms with Crippen molar-refractivity contribution < 1.29 is 9.53 Å². The number of hydrogen-bond donors (Lipinski definition) is 2. The molecule has 5 nitrogen and oxygen atoms in total. The largest absolute Gasteiger partial charge is 0.466 e. The number of fused-ring (bicyclic) bond motifs is 2. The van der Waals surface area contributed by atoms with Gasteiger partial charge in [0, 0.05) is 50.7 Å². The molecule has 0 bridgehead atoms. The summed E-state index contributed by atoms with van der Waals surface area (Å²) in [6, 6.07) is 11.9. The number of ether oxygens (including phenoxy) is 1. The predicted molar refractivity (Wildman–Crippen MR) is 146 cm³/mol. The van der Waals surface area contributed by atoms with E-state index in [1.807, 2.05) is 30.8 Å². The van der Waals surface area contributed by atoms with Gasteiger partial charge in [0.1, 0.15) is 0 Å². The van der Waals surface area contributed by atoms with E-state index in [0.29, 0.717) is 29.1 Å². The summed E-state index contributed by atoms with van der Waals surface area (Å²) in [5.74, 6) is 0.140. The Bertz CT molecular complexity index is 1350. The zero-order valence-electron chi connectivity index (χ0n) is 18.8. The lowest BCUT2D eigenvalue weighted by atomic mass is 9.93. The van der Waals surface area contributed by atoms with E-state index in [1.165, 1.54) is 5.57 Å². The molecule has 2 atom stereocenters. The number of halogens is 1. The minimum absolute atomic E-state index is 0.214. The van der Waals surface area contributed by atoms with Gasteiger partial charge in [-0.05, 0) is 58.9 Å². The fraction of sp³-hybridized carbons (Fsp3) is 0.222. The molecule has 0 saturated heterocycles. The molecule has 5 rings (SSSR count). The summed E-state index contributed by atoms with van der Waals surface area (Å²) >= 11 is 5.49. The molecule has 1 aliphatic carbocycles. The number of carbonyl (C=O) groups is 1. The van der Waals surface area contributed by atoms with Crippen molar-refractivity contribution in [3.8, 4) is 11.1 Å². The zero-order chi connectivity index (χ0) is 23.8. The van der Waals surface area contributed by atoms with Crippen LogP contribution in [0.15, 0.2) is 76.3 Å². The van der Waals surface area contributed by atoms with Crippen molar-refractivity contribution in [3.63, 3.8) is 0 Å². The summed E-state index contributed by atoms with van der Waals surface area (Å²) in [5.41, 5.74) is 18.8. The lowest BCUT2D eigenvalue weighted by Crippen LogP contribution is -2.16. The summed E-state index contributed by atoms with van der Waals surface area (Å²) in [6.07, 6.45) is 9.00. The van der Waals surface area contributed by atoms with Gasteiger partial charge in [0.05, 0.1) is 13.0 Å². The first-order valence-electron chi connectivity index (χ1n) is 11.2. The van der Waals surface area contributed by atoms with Gasteiger partial charge in [-0.15, -0.1) is 11.8 Å². The summed E-state index contributed by atoms with van der Waals surface area (Å²) in [5, 5.41) is 3.76. The lowest BCUT2D eigenvalue weighted by Gasteiger charge is -2.20. The molecule has 1 aromatic heterocycles. The number of nitrogens with zero attached hydrogens (tertiary/aromatic N) is 1. The molecule has 7 heteroatoms. The van der Waals surface area contributed by atoms with Crippen molar-refractivity contribution in [3.05, 3.63) is 81.9 Å². The number of nitrogens with two attached hydrogens (primary N) is 2. The van der Waals surface area contributed by atoms with Gasteiger partial charge >= 0.3 is 5.97 Å². The summed E-state index contributed by atoms with van der Waals surface area (Å²) in [7, 11) is 0. The summed E-state index contributed by atoms with van der Waals surface area (Å²) in [4.78, 5) is 12.3. The van der Waals surface area contributed by atoms with Crippen molar-refractivity contribution >= 4 is 55.9 Å². The number of benzene rings is 2. The number of anilines is 2. The number of esters is 1.